The van der Waals surface area contributed by atoms with Gasteiger partial charge in [0.1, 0.15) is 5.75 Å². The Hall–Kier alpha value is -1.37. The first kappa shape index (κ1) is 15.0. The highest BCUT2D eigenvalue weighted by atomic mass is 79.9. The molecule has 0 radical (unpaired) electrons. The molecule has 0 spiro atoms. The first-order chi connectivity index (χ1) is 9.58. The summed E-state index contributed by atoms with van der Waals surface area (Å²) >= 11 is 3.58. The molecule has 2 aromatic rings. The van der Waals surface area contributed by atoms with Crippen molar-refractivity contribution in [1.82, 2.24) is 15.2 Å². The van der Waals surface area contributed by atoms with Crippen molar-refractivity contribution in [2.24, 2.45) is 12.9 Å². The minimum Gasteiger partial charge on any atom is -0.496 e. The van der Waals surface area contributed by atoms with Gasteiger partial charge in [-0.15, -0.1) is 0 Å². The number of aromatic nitrogens is 2. The third-order valence-corrected chi connectivity index (χ3v) is 4.41. The average molecular weight is 339 g/mol. The zero-order chi connectivity index (χ0) is 14.7. The fourth-order valence-corrected chi connectivity index (χ4v) is 2.81. The number of benzene rings is 1. The van der Waals surface area contributed by atoms with E-state index in [1.807, 2.05) is 42.9 Å². The zero-order valence-corrected chi connectivity index (χ0v) is 13.4. The van der Waals surface area contributed by atoms with Crippen LogP contribution < -0.4 is 16.0 Å². The van der Waals surface area contributed by atoms with Crippen molar-refractivity contribution in [2.45, 2.75) is 19.4 Å². The monoisotopic (exact) mass is 338 g/mol. The number of hydrazine groups is 1. The van der Waals surface area contributed by atoms with Gasteiger partial charge < -0.3 is 4.74 Å². The van der Waals surface area contributed by atoms with E-state index in [1.165, 1.54) is 0 Å². The summed E-state index contributed by atoms with van der Waals surface area (Å²) in [6.07, 6.45) is 0.717. The van der Waals surface area contributed by atoms with Crippen LogP contribution in [0.4, 0.5) is 0 Å². The van der Waals surface area contributed by atoms with Gasteiger partial charge in [-0.05, 0) is 28.9 Å². The van der Waals surface area contributed by atoms with Gasteiger partial charge in [0.25, 0.3) is 0 Å². The number of aryl methyl sites for hydroxylation is 2. The van der Waals surface area contributed by atoms with E-state index in [0.717, 1.165) is 33.6 Å². The molecule has 1 unspecified atom stereocenters. The van der Waals surface area contributed by atoms with Gasteiger partial charge in [0, 0.05) is 19.0 Å². The lowest BCUT2D eigenvalue weighted by Crippen LogP contribution is -2.30. The predicted molar refractivity (Wildman–Crippen MR) is 82.4 cm³/mol. The van der Waals surface area contributed by atoms with Crippen LogP contribution in [0.15, 0.2) is 28.7 Å². The minimum absolute atomic E-state index is 0.0442. The van der Waals surface area contributed by atoms with E-state index in [4.69, 9.17) is 10.6 Å². The molecule has 0 bridgehead atoms. The lowest BCUT2D eigenvalue weighted by atomic mass is 10.0. The lowest BCUT2D eigenvalue weighted by Gasteiger charge is -2.19. The quantitative estimate of drug-likeness (QED) is 0.648. The number of halogens is 1. The van der Waals surface area contributed by atoms with Gasteiger partial charge in [0.2, 0.25) is 0 Å². The van der Waals surface area contributed by atoms with Gasteiger partial charge in [-0.1, -0.05) is 18.2 Å². The van der Waals surface area contributed by atoms with Crippen molar-refractivity contribution in [3.8, 4) is 5.75 Å². The molecule has 5 nitrogen and oxygen atoms in total. The molecule has 6 heteroatoms. The first-order valence-electron chi connectivity index (χ1n) is 6.35. The van der Waals surface area contributed by atoms with Crippen molar-refractivity contribution in [1.29, 1.82) is 0 Å². The second-order valence-electron chi connectivity index (χ2n) is 4.64. The summed E-state index contributed by atoms with van der Waals surface area (Å²) in [6, 6.07) is 7.83. The molecular weight excluding hydrogens is 320 g/mol. The van der Waals surface area contributed by atoms with E-state index in [2.05, 4.69) is 26.5 Å². The smallest absolute Gasteiger partial charge is 0.123 e. The summed E-state index contributed by atoms with van der Waals surface area (Å²) < 4.78 is 8.30. The molecule has 0 saturated carbocycles. The Kier molecular flexibility index (Phi) is 4.80. The van der Waals surface area contributed by atoms with Gasteiger partial charge in [0.05, 0.1) is 29.0 Å². The predicted octanol–water partition coefficient (Wildman–Crippen LogP) is 2.25. The SMILES string of the molecule is COc1ccccc1C(Cc1c(Br)c(C)nn1C)NN. The number of hydrogen-bond acceptors (Lipinski definition) is 4. The van der Waals surface area contributed by atoms with Gasteiger partial charge in [-0.25, -0.2) is 0 Å². The Morgan fingerprint density at radius 1 is 1.45 bits per heavy atom. The summed E-state index contributed by atoms with van der Waals surface area (Å²) in [5.41, 5.74) is 5.96. The Balaban J connectivity index is 2.34. The molecule has 0 aliphatic rings. The molecule has 0 aliphatic heterocycles. The van der Waals surface area contributed by atoms with E-state index in [0.29, 0.717) is 0 Å². The Morgan fingerprint density at radius 3 is 2.70 bits per heavy atom. The number of nitrogens with two attached hydrogens (primary N) is 1. The number of ether oxygens (including phenoxy) is 1. The van der Waals surface area contributed by atoms with E-state index >= 15 is 0 Å². The summed E-state index contributed by atoms with van der Waals surface area (Å²) in [5, 5.41) is 4.40. The second-order valence-corrected chi connectivity index (χ2v) is 5.43. The maximum atomic E-state index is 5.73. The van der Waals surface area contributed by atoms with Crippen LogP contribution in [-0.2, 0) is 13.5 Å². The molecule has 1 heterocycles. The van der Waals surface area contributed by atoms with E-state index in [1.54, 1.807) is 7.11 Å². The van der Waals surface area contributed by atoms with E-state index in [-0.39, 0.29) is 6.04 Å². The first-order valence-corrected chi connectivity index (χ1v) is 7.14. The molecular formula is C14H19BrN4O. The van der Waals surface area contributed by atoms with Crippen LogP contribution in [0, 0.1) is 6.92 Å². The molecule has 3 N–H and O–H groups in total. The second kappa shape index (κ2) is 6.39. The van der Waals surface area contributed by atoms with Crippen molar-refractivity contribution < 1.29 is 4.74 Å². The topological polar surface area (TPSA) is 65.1 Å². The summed E-state index contributed by atoms with van der Waals surface area (Å²) in [7, 11) is 3.60. The Bertz CT molecular complexity index is 597. The van der Waals surface area contributed by atoms with Crippen LogP contribution in [0.3, 0.4) is 0 Å². The van der Waals surface area contributed by atoms with Crippen LogP contribution in [0.5, 0.6) is 5.75 Å². The maximum Gasteiger partial charge on any atom is 0.123 e. The van der Waals surface area contributed by atoms with Gasteiger partial charge in [0.15, 0.2) is 0 Å². The average Bonchev–Trinajstić information content (AvgIpc) is 2.70. The molecule has 0 saturated heterocycles. The van der Waals surface area contributed by atoms with E-state index < -0.39 is 0 Å². The van der Waals surface area contributed by atoms with E-state index in [9.17, 15) is 0 Å². The van der Waals surface area contributed by atoms with Gasteiger partial charge >= 0.3 is 0 Å². The number of methoxy groups -OCH3 is 1. The lowest BCUT2D eigenvalue weighted by molar-refractivity contribution is 0.398. The largest absolute Gasteiger partial charge is 0.496 e. The van der Waals surface area contributed by atoms with Gasteiger partial charge in [-0.2, -0.15) is 5.10 Å². The highest BCUT2D eigenvalue weighted by molar-refractivity contribution is 9.10. The number of para-hydroxylation sites is 1. The normalized spacial score (nSPS) is 12.4. The molecule has 0 fully saturated rings. The molecule has 0 aliphatic carbocycles. The van der Waals surface area contributed by atoms with Crippen molar-refractivity contribution in [3.05, 3.63) is 45.7 Å². The summed E-state index contributed by atoms with van der Waals surface area (Å²) in [6.45, 7) is 1.97. The fraction of sp³-hybridized carbons (Fsp3) is 0.357. The van der Waals surface area contributed by atoms with Crippen LogP contribution in [-0.4, -0.2) is 16.9 Å². The van der Waals surface area contributed by atoms with Crippen molar-refractivity contribution in [3.63, 3.8) is 0 Å². The highest BCUT2D eigenvalue weighted by Crippen LogP contribution is 2.30. The Morgan fingerprint density at radius 2 is 2.15 bits per heavy atom. The summed E-state index contributed by atoms with van der Waals surface area (Å²) in [5.74, 6) is 6.56. The van der Waals surface area contributed by atoms with Gasteiger partial charge in [-0.3, -0.25) is 16.0 Å². The molecule has 2 rings (SSSR count). The number of rotatable bonds is 5. The maximum absolute atomic E-state index is 5.73. The molecule has 1 aromatic heterocycles. The number of nitrogens with one attached hydrogen (secondary N) is 1. The molecule has 108 valence electrons. The number of hydrogen-bond donors (Lipinski definition) is 2. The van der Waals surface area contributed by atoms with Crippen LogP contribution in [0.1, 0.15) is 23.0 Å². The minimum atomic E-state index is -0.0442. The third kappa shape index (κ3) is 2.87. The van der Waals surface area contributed by atoms with Crippen LogP contribution in [0.25, 0.3) is 0 Å². The Labute approximate surface area is 127 Å². The molecule has 1 aromatic carbocycles. The standard InChI is InChI=1S/C14H19BrN4O/c1-9-14(15)12(19(2)18-9)8-11(17-16)10-6-4-5-7-13(10)20-3/h4-7,11,17H,8,16H2,1-3H3. The fourth-order valence-electron chi connectivity index (χ4n) is 2.31. The number of nitrogens with zero attached hydrogens (tertiary/aromatic N) is 2. The molecule has 0 amide bonds. The molecule has 20 heavy (non-hydrogen) atoms. The molecule has 1 atom stereocenters. The van der Waals surface area contributed by atoms with Crippen LogP contribution in [0.2, 0.25) is 0 Å². The zero-order valence-electron chi connectivity index (χ0n) is 11.9. The highest BCUT2D eigenvalue weighted by Gasteiger charge is 2.19. The van der Waals surface area contributed by atoms with Crippen LogP contribution >= 0.6 is 15.9 Å². The van der Waals surface area contributed by atoms with Crippen molar-refractivity contribution >= 4 is 15.9 Å². The van der Waals surface area contributed by atoms with Crippen molar-refractivity contribution in [2.75, 3.05) is 7.11 Å². The summed E-state index contributed by atoms with van der Waals surface area (Å²) in [4.78, 5) is 0. The third-order valence-electron chi connectivity index (χ3n) is 3.37.